The number of likely N-dealkylation sites (tertiary alicyclic amines) is 1. The van der Waals surface area contributed by atoms with Crippen molar-refractivity contribution >= 4 is 28.8 Å². The Morgan fingerprint density at radius 1 is 1.18 bits per heavy atom. The standard InChI is InChI=1S/C25H37N5O3/c1-15(2)13-18(23(26)32)19(14-22(31)30-12-8-7-9-16(30)3)25(33)27-17(4)24-28-20-10-5-6-11-21(20)29-24/h5-6,10-11,15-19H,7-9,12-14H2,1-4H3,(H2,26,32)(H,27,33)(H,28,29)/t16-,17+,18?,19-/m0/s1. The van der Waals surface area contributed by atoms with Gasteiger partial charge >= 0.3 is 0 Å². The number of aromatic nitrogens is 2. The smallest absolute Gasteiger partial charge is 0.225 e. The molecule has 8 nitrogen and oxygen atoms in total. The first-order valence-corrected chi connectivity index (χ1v) is 12.0. The first-order chi connectivity index (χ1) is 15.7. The van der Waals surface area contributed by atoms with Crippen LogP contribution in [0.2, 0.25) is 0 Å². The van der Waals surface area contributed by atoms with Gasteiger partial charge < -0.3 is 20.9 Å². The molecule has 4 atom stereocenters. The van der Waals surface area contributed by atoms with E-state index in [0.717, 1.165) is 30.3 Å². The summed E-state index contributed by atoms with van der Waals surface area (Å²) in [6.07, 6.45) is 3.44. The molecular weight excluding hydrogens is 418 g/mol. The van der Waals surface area contributed by atoms with Gasteiger partial charge in [0.15, 0.2) is 0 Å². The summed E-state index contributed by atoms with van der Waals surface area (Å²) in [4.78, 5) is 48.6. The van der Waals surface area contributed by atoms with Crippen LogP contribution in [0.3, 0.4) is 0 Å². The number of nitrogens with zero attached hydrogens (tertiary/aromatic N) is 2. The molecule has 2 aromatic rings. The van der Waals surface area contributed by atoms with Gasteiger partial charge in [-0.25, -0.2) is 4.98 Å². The fourth-order valence-corrected chi connectivity index (χ4v) is 4.74. The van der Waals surface area contributed by atoms with Gasteiger partial charge in [0, 0.05) is 19.0 Å². The lowest BCUT2D eigenvalue weighted by atomic mass is 9.81. The van der Waals surface area contributed by atoms with Crippen molar-refractivity contribution in [2.75, 3.05) is 6.54 Å². The summed E-state index contributed by atoms with van der Waals surface area (Å²) in [6, 6.07) is 7.37. The number of imidazole rings is 1. The van der Waals surface area contributed by atoms with Crippen LogP contribution >= 0.6 is 0 Å². The van der Waals surface area contributed by atoms with E-state index in [2.05, 4.69) is 15.3 Å². The van der Waals surface area contributed by atoms with E-state index in [-0.39, 0.29) is 30.2 Å². The maximum absolute atomic E-state index is 13.4. The van der Waals surface area contributed by atoms with Crippen molar-refractivity contribution in [2.45, 2.75) is 71.9 Å². The molecule has 1 aromatic carbocycles. The van der Waals surface area contributed by atoms with Crippen LogP contribution in [-0.2, 0) is 14.4 Å². The molecule has 0 spiro atoms. The Bertz CT molecular complexity index is 952. The van der Waals surface area contributed by atoms with Crippen LogP contribution in [0.4, 0.5) is 0 Å². The summed E-state index contributed by atoms with van der Waals surface area (Å²) in [7, 11) is 0. The van der Waals surface area contributed by atoms with Crippen molar-refractivity contribution < 1.29 is 14.4 Å². The Kier molecular flexibility index (Phi) is 8.10. The van der Waals surface area contributed by atoms with Gasteiger partial charge in [-0.15, -0.1) is 0 Å². The van der Waals surface area contributed by atoms with Crippen LogP contribution in [0.25, 0.3) is 11.0 Å². The average Bonchev–Trinajstić information content (AvgIpc) is 3.20. The number of hydrogen-bond acceptors (Lipinski definition) is 4. The maximum atomic E-state index is 13.4. The van der Waals surface area contributed by atoms with Crippen molar-refractivity contribution in [3.8, 4) is 0 Å². The molecule has 1 aliphatic rings. The molecule has 8 heteroatoms. The van der Waals surface area contributed by atoms with E-state index < -0.39 is 23.8 Å². The number of nitrogens with one attached hydrogen (secondary N) is 2. The minimum Gasteiger partial charge on any atom is -0.369 e. The molecular formula is C25H37N5O3. The highest BCUT2D eigenvalue weighted by Gasteiger charge is 2.37. The highest BCUT2D eigenvalue weighted by molar-refractivity contribution is 5.91. The molecule has 33 heavy (non-hydrogen) atoms. The maximum Gasteiger partial charge on any atom is 0.225 e. The zero-order valence-electron chi connectivity index (χ0n) is 20.1. The number of hydrogen-bond donors (Lipinski definition) is 3. The van der Waals surface area contributed by atoms with Gasteiger partial charge in [0.25, 0.3) is 0 Å². The van der Waals surface area contributed by atoms with Gasteiger partial charge in [0.05, 0.1) is 28.9 Å². The number of para-hydroxylation sites is 2. The number of fused-ring (bicyclic) bond motifs is 1. The number of H-pyrrole nitrogens is 1. The largest absolute Gasteiger partial charge is 0.369 e. The second kappa shape index (κ2) is 10.8. The normalized spacial score (nSPS) is 19.3. The molecule has 1 unspecified atom stereocenters. The highest BCUT2D eigenvalue weighted by atomic mass is 16.2. The molecule has 4 N–H and O–H groups in total. The predicted molar refractivity (Wildman–Crippen MR) is 128 cm³/mol. The molecule has 1 fully saturated rings. The van der Waals surface area contributed by atoms with E-state index in [0.29, 0.717) is 18.8 Å². The second-order valence-corrected chi connectivity index (χ2v) is 9.75. The van der Waals surface area contributed by atoms with E-state index in [4.69, 9.17) is 5.73 Å². The van der Waals surface area contributed by atoms with Gasteiger partial charge in [-0.2, -0.15) is 0 Å². The number of nitrogens with two attached hydrogens (primary N) is 1. The second-order valence-electron chi connectivity index (χ2n) is 9.75. The lowest BCUT2D eigenvalue weighted by Crippen LogP contribution is -2.47. The van der Waals surface area contributed by atoms with Crippen LogP contribution in [0.5, 0.6) is 0 Å². The lowest BCUT2D eigenvalue weighted by molar-refractivity contribution is -0.142. The number of carbonyl (C=O) groups excluding carboxylic acids is 3. The van der Waals surface area contributed by atoms with E-state index >= 15 is 0 Å². The molecule has 0 radical (unpaired) electrons. The fraction of sp³-hybridized carbons (Fsp3) is 0.600. The summed E-state index contributed by atoms with van der Waals surface area (Å²) in [5, 5.41) is 2.97. The molecule has 2 heterocycles. The summed E-state index contributed by atoms with van der Waals surface area (Å²) in [5.41, 5.74) is 7.43. The summed E-state index contributed by atoms with van der Waals surface area (Å²) < 4.78 is 0. The molecule has 3 amide bonds. The molecule has 1 aliphatic heterocycles. The summed E-state index contributed by atoms with van der Waals surface area (Å²) >= 11 is 0. The number of aromatic amines is 1. The Balaban J connectivity index is 1.80. The number of benzene rings is 1. The summed E-state index contributed by atoms with van der Waals surface area (Å²) in [5.74, 6) is -1.72. The number of amides is 3. The quantitative estimate of drug-likeness (QED) is 0.537. The third-order valence-electron chi connectivity index (χ3n) is 6.61. The zero-order chi connectivity index (χ0) is 24.1. The van der Waals surface area contributed by atoms with Gasteiger partial charge in [0.2, 0.25) is 17.7 Å². The first kappa shape index (κ1) is 24.7. The van der Waals surface area contributed by atoms with Gasteiger partial charge in [-0.05, 0) is 57.6 Å². The highest BCUT2D eigenvalue weighted by Crippen LogP contribution is 2.27. The average molecular weight is 456 g/mol. The van der Waals surface area contributed by atoms with Crippen molar-refractivity contribution in [1.82, 2.24) is 20.2 Å². The number of carbonyl (C=O) groups is 3. The number of piperidine rings is 1. The lowest BCUT2D eigenvalue weighted by Gasteiger charge is -2.35. The first-order valence-electron chi connectivity index (χ1n) is 12.0. The Morgan fingerprint density at radius 3 is 2.55 bits per heavy atom. The van der Waals surface area contributed by atoms with Crippen molar-refractivity contribution in [3.63, 3.8) is 0 Å². The minimum absolute atomic E-state index is 0.0245. The SMILES string of the molecule is CC(C)CC(C(N)=O)[C@H](CC(=O)N1CCCC[C@@H]1C)C(=O)N[C@H](C)c1nc2ccccc2[nH]1. The number of primary amides is 1. The van der Waals surface area contributed by atoms with E-state index in [1.807, 2.05) is 56.9 Å². The molecule has 3 rings (SSSR count). The van der Waals surface area contributed by atoms with Crippen LogP contribution in [0.1, 0.15) is 71.7 Å². The van der Waals surface area contributed by atoms with Gasteiger partial charge in [-0.1, -0.05) is 26.0 Å². The van der Waals surface area contributed by atoms with Gasteiger partial charge in [-0.3, -0.25) is 14.4 Å². The van der Waals surface area contributed by atoms with E-state index in [9.17, 15) is 14.4 Å². The Hall–Kier alpha value is -2.90. The van der Waals surface area contributed by atoms with Gasteiger partial charge in [0.1, 0.15) is 5.82 Å². The Morgan fingerprint density at radius 2 is 1.91 bits per heavy atom. The molecule has 0 aliphatic carbocycles. The third kappa shape index (κ3) is 6.12. The zero-order valence-corrected chi connectivity index (χ0v) is 20.1. The van der Waals surface area contributed by atoms with E-state index in [1.165, 1.54) is 0 Å². The van der Waals surface area contributed by atoms with Crippen molar-refractivity contribution in [1.29, 1.82) is 0 Å². The molecule has 0 bridgehead atoms. The minimum atomic E-state index is -0.821. The Labute approximate surface area is 195 Å². The molecule has 180 valence electrons. The monoisotopic (exact) mass is 455 g/mol. The van der Waals surface area contributed by atoms with Crippen molar-refractivity contribution in [2.24, 2.45) is 23.5 Å². The van der Waals surface area contributed by atoms with Crippen LogP contribution < -0.4 is 11.1 Å². The molecule has 0 saturated carbocycles. The predicted octanol–water partition coefficient (Wildman–Crippen LogP) is 3.30. The molecule has 1 saturated heterocycles. The van der Waals surface area contributed by atoms with Crippen LogP contribution in [0, 0.1) is 17.8 Å². The van der Waals surface area contributed by atoms with Crippen LogP contribution in [-0.4, -0.2) is 45.2 Å². The number of rotatable bonds is 9. The van der Waals surface area contributed by atoms with Crippen molar-refractivity contribution in [3.05, 3.63) is 30.1 Å². The topological polar surface area (TPSA) is 121 Å². The van der Waals surface area contributed by atoms with E-state index in [1.54, 1.807) is 0 Å². The van der Waals surface area contributed by atoms with Crippen LogP contribution in [0.15, 0.2) is 24.3 Å². The fourth-order valence-electron chi connectivity index (χ4n) is 4.74. The third-order valence-corrected chi connectivity index (χ3v) is 6.61. The molecule has 1 aromatic heterocycles. The summed E-state index contributed by atoms with van der Waals surface area (Å²) in [6.45, 7) is 8.53.